The molecule has 27 heavy (non-hydrogen) atoms. The van der Waals surface area contributed by atoms with Gasteiger partial charge in [0.15, 0.2) is 0 Å². The molecule has 1 heterocycles. The zero-order valence-electron chi connectivity index (χ0n) is 14.6. The smallest absolute Gasteiger partial charge is 0.227 e. The highest BCUT2D eigenvalue weighted by atomic mass is 19.1. The molecule has 0 bridgehead atoms. The van der Waals surface area contributed by atoms with Crippen LogP contribution in [-0.2, 0) is 11.4 Å². The summed E-state index contributed by atoms with van der Waals surface area (Å²) in [4.78, 5) is 16.1. The van der Waals surface area contributed by atoms with Crippen LogP contribution in [0.5, 0.6) is 11.5 Å². The molecule has 0 aliphatic rings. The van der Waals surface area contributed by atoms with Crippen molar-refractivity contribution in [1.82, 2.24) is 4.98 Å². The first-order valence-corrected chi connectivity index (χ1v) is 8.49. The van der Waals surface area contributed by atoms with E-state index in [1.165, 1.54) is 24.3 Å². The molecule has 0 atom stereocenters. The number of aromatic nitrogens is 1. The SMILES string of the molecule is O=C(CCOc1ccc(F)cc1)Nc1cccc(OCc2cccnc2)c1. The number of rotatable bonds is 8. The van der Waals surface area contributed by atoms with Crippen LogP contribution in [0, 0.1) is 5.82 Å². The molecule has 3 rings (SSSR count). The van der Waals surface area contributed by atoms with Crippen molar-refractivity contribution >= 4 is 11.6 Å². The molecule has 0 saturated carbocycles. The standard InChI is InChI=1S/C21H19FN2O3/c22-17-6-8-19(9-7-17)26-12-10-21(25)24-18-4-1-5-20(13-18)27-15-16-3-2-11-23-14-16/h1-9,11,13-14H,10,12,15H2,(H,24,25). The van der Waals surface area contributed by atoms with Crippen molar-refractivity contribution in [2.75, 3.05) is 11.9 Å². The van der Waals surface area contributed by atoms with Gasteiger partial charge in [-0.25, -0.2) is 4.39 Å². The highest BCUT2D eigenvalue weighted by Crippen LogP contribution is 2.19. The van der Waals surface area contributed by atoms with Crippen molar-refractivity contribution in [2.45, 2.75) is 13.0 Å². The number of nitrogens with zero attached hydrogens (tertiary/aromatic N) is 1. The van der Waals surface area contributed by atoms with Gasteiger partial charge in [-0.1, -0.05) is 12.1 Å². The molecule has 0 fully saturated rings. The van der Waals surface area contributed by atoms with Crippen LogP contribution in [-0.4, -0.2) is 17.5 Å². The molecule has 0 radical (unpaired) electrons. The summed E-state index contributed by atoms with van der Waals surface area (Å²) in [5.74, 6) is 0.668. The average molecular weight is 366 g/mol. The monoisotopic (exact) mass is 366 g/mol. The number of benzene rings is 2. The molecular formula is C21H19FN2O3. The van der Waals surface area contributed by atoms with Crippen LogP contribution in [0.1, 0.15) is 12.0 Å². The topological polar surface area (TPSA) is 60.5 Å². The molecule has 138 valence electrons. The summed E-state index contributed by atoms with van der Waals surface area (Å²) in [6.07, 6.45) is 3.63. The summed E-state index contributed by atoms with van der Waals surface area (Å²) < 4.78 is 24.0. The first-order chi connectivity index (χ1) is 13.2. The van der Waals surface area contributed by atoms with E-state index in [9.17, 15) is 9.18 Å². The molecular weight excluding hydrogens is 347 g/mol. The van der Waals surface area contributed by atoms with Crippen molar-refractivity contribution in [1.29, 1.82) is 0 Å². The van der Waals surface area contributed by atoms with Crippen LogP contribution in [0.15, 0.2) is 73.1 Å². The third-order valence-corrected chi connectivity index (χ3v) is 3.66. The highest BCUT2D eigenvalue weighted by molar-refractivity contribution is 5.90. The van der Waals surface area contributed by atoms with E-state index in [0.717, 1.165) is 5.56 Å². The number of amides is 1. The lowest BCUT2D eigenvalue weighted by Gasteiger charge is -2.10. The summed E-state index contributed by atoms with van der Waals surface area (Å²) in [5, 5.41) is 2.80. The number of hydrogen-bond donors (Lipinski definition) is 1. The maximum atomic E-state index is 12.8. The summed E-state index contributed by atoms with van der Waals surface area (Å²) in [6.45, 7) is 0.603. The minimum Gasteiger partial charge on any atom is -0.493 e. The largest absolute Gasteiger partial charge is 0.493 e. The van der Waals surface area contributed by atoms with Gasteiger partial charge in [-0.15, -0.1) is 0 Å². The van der Waals surface area contributed by atoms with E-state index < -0.39 is 0 Å². The second-order valence-electron chi connectivity index (χ2n) is 5.78. The van der Waals surface area contributed by atoms with E-state index in [1.54, 1.807) is 24.5 Å². The van der Waals surface area contributed by atoms with Crippen LogP contribution in [0.3, 0.4) is 0 Å². The van der Waals surface area contributed by atoms with E-state index in [0.29, 0.717) is 23.8 Å². The lowest BCUT2D eigenvalue weighted by molar-refractivity contribution is -0.116. The Hall–Kier alpha value is -3.41. The zero-order valence-corrected chi connectivity index (χ0v) is 14.6. The van der Waals surface area contributed by atoms with Gasteiger partial charge < -0.3 is 14.8 Å². The highest BCUT2D eigenvalue weighted by Gasteiger charge is 2.05. The van der Waals surface area contributed by atoms with Gasteiger partial charge in [0.1, 0.15) is 23.9 Å². The molecule has 1 amide bonds. The lowest BCUT2D eigenvalue weighted by atomic mass is 10.2. The third-order valence-electron chi connectivity index (χ3n) is 3.66. The molecule has 0 spiro atoms. The molecule has 0 aliphatic heterocycles. The van der Waals surface area contributed by atoms with Crippen molar-refractivity contribution in [3.8, 4) is 11.5 Å². The molecule has 0 aliphatic carbocycles. The molecule has 5 nitrogen and oxygen atoms in total. The molecule has 1 aromatic heterocycles. The fraction of sp³-hybridized carbons (Fsp3) is 0.143. The first-order valence-electron chi connectivity index (χ1n) is 8.49. The number of carbonyl (C=O) groups is 1. The Bertz CT molecular complexity index is 870. The van der Waals surface area contributed by atoms with E-state index in [-0.39, 0.29) is 24.8 Å². The Labute approximate surface area is 156 Å². The Morgan fingerprint density at radius 2 is 1.85 bits per heavy atom. The molecule has 1 N–H and O–H groups in total. The van der Waals surface area contributed by atoms with Gasteiger partial charge in [0.2, 0.25) is 5.91 Å². The van der Waals surface area contributed by atoms with Gasteiger partial charge in [-0.05, 0) is 42.5 Å². The Morgan fingerprint density at radius 1 is 1.00 bits per heavy atom. The number of anilines is 1. The van der Waals surface area contributed by atoms with Crippen LogP contribution in [0.2, 0.25) is 0 Å². The Kier molecular flexibility index (Phi) is 6.35. The average Bonchev–Trinajstić information content (AvgIpc) is 2.69. The molecule has 0 saturated heterocycles. The van der Waals surface area contributed by atoms with Crippen molar-refractivity contribution in [2.24, 2.45) is 0 Å². The van der Waals surface area contributed by atoms with Crippen molar-refractivity contribution in [3.63, 3.8) is 0 Å². The van der Waals surface area contributed by atoms with Gasteiger partial charge in [0, 0.05) is 29.7 Å². The Balaban J connectivity index is 1.45. The molecule has 3 aromatic rings. The predicted molar refractivity (Wildman–Crippen MR) is 100 cm³/mol. The van der Waals surface area contributed by atoms with Gasteiger partial charge in [-0.3, -0.25) is 9.78 Å². The van der Waals surface area contributed by atoms with E-state index in [2.05, 4.69) is 10.3 Å². The van der Waals surface area contributed by atoms with E-state index >= 15 is 0 Å². The van der Waals surface area contributed by atoms with Crippen LogP contribution >= 0.6 is 0 Å². The summed E-state index contributed by atoms with van der Waals surface area (Å²) in [7, 11) is 0. The minimum absolute atomic E-state index is 0.179. The second kappa shape index (κ2) is 9.33. The van der Waals surface area contributed by atoms with Gasteiger partial charge in [0.25, 0.3) is 0 Å². The number of pyridine rings is 1. The second-order valence-corrected chi connectivity index (χ2v) is 5.78. The maximum Gasteiger partial charge on any atom is 0.227 e. The summed E-state index contributed by atoms with van der Waals surface area (Å²) in [6, 6.07) is 16.6. The minimum atomic E-state index is -0.328. The summed E-state index contributed by atoms with van der Waals surface area (Å²) >= 11 is 0. The molecule has 2 aromatic carbocycles. The Morgan fingerprint density at radius 3 is 2.63 bits per heavy atom. The van der Waals surface area contributed by atoms with E-state index in [1.807, 2.05) is 24.3 Å². The number of ether oxygens (including phenoxy) is 2. The van der Waals surface area contributed by atoms with Gasteiger partial charge >= 0.3 is 0 Å². The summed E-state index contributed by atoms with van der Waals surface area (Å²) in [5.41, 5.74) is 1.61. The van der Waals surface area contributed by atoms with Crippen LogP contribution < -0.4 is 14.8 Å². The molecule has 0 unspecified atom stereocenters. The van der Waals surface area contributed by atoms with Gasteiger partial charge in [0.05, 0.1) is 13.0 Å². The quantitative estimate of drug-likeness (QED) is 0.649. The number of nitrogens with one attached hydrogen (secondary N) is 1. The van der Waals surface area contributed by atoms with Crippen molar-refractivity contribution < 1.29 is 18.7 Å². The maximum absolute atomic E-state index is 12.8. The molecule has 6 heteroatoms. The number of carbonyl (C=O) groups excluding carboxylic acids is 1. The lowest BCUT2D eigenvalue weighted by Crippen LogP contribution is -2.15. The number of halogens is 1. The third kappa shape index (κ3) is 6.11. The zero-order chi connectivity index (χ0) is 18.9. The fourth-order valence-electron chi connectivity index (χ4n) is 2.33. The number of hydrogen-bond acceptors (Lipinski definition) is 4. The van der Waals surface area contributed by atoms with Crippen molar-refractivity contribution in [3.05, 3.63) is 84.4 Å². The van der Waals surface area contributed by atoms with Gasteiger partial charge in [-0.2, -0.15) is 0 Å². The fourth-order valence-corrected chi connectivity index (χ4v) is 2.33. The van der Waals surface area contributed by atoms with Crippen LogP contribution in [0.4, 0.5) is 10.1 Å². The van der Waals surface area contributed by atoms with Crippen LogP contribution in [0.25, 0.3) is 0 Å². The first kappa shape index (κ1) is 18.4. The predicted octanol–water partition coefficient (Wildman–Crippen LogP) is 4.21. The van der Waals surface area contributed by atoms with E-state index in [4.69, 9.17) is 9.47 Å². The normalized spacial score (nSPS) is 10.3.